The largest absolute Gasteiger partial charge is 0.492 e. The quantitative estimate of drug-likeness (QED) is 0.290. The van der Waals surface area contributed by atoms with Crippen molar-refractivity contribution in [1.82, 2.24) is 0 Å². The lowest BCUT2D eigenvalue weighted by atomic mass is 10.1. The number of rotatable bonds is 4. The van der Waals surface area contributed by atoms with E-state index in [0.29, 0.717) is 4.47 Å². The summed E-state index contributed by atoms with van der Waals surface area (Å²) in [4.78, 5) is 0. The maximum absolute atomic E-state index is 13.0. The first-order valence-electron chi connectivity index (χ1n) is 4.87. The van der Waals surface area contributed by atoms with Gasteiger partial charge in [-0.25, -0.2) is 4.39 Å². The molecule has 9 heteroatoms. The fourth-order valence-electron chi connectivity index (χ4n) is 1.21. The summed E-state index contributed by atoms with van der Waals surface area (Å²) < 4.78 is 55.9. The van der Waals surface area contributed by atoms with Crippen LogP contribution in [0.4, 0.5) is 17.6 Å². The molecule has 0 amide bonds. The first-order chi connectivity index (χ1) is 8.74. The first kappa shape index (κ1) is 15.5. The van der Waals surface area contributed by atoms with Crippen LogP contribution in [0.3, 0.4) is 0 Å². The molecule has 1 rings (SSSR count). The molecule has 0 fully saturated rings. The fraction of sp³-hybridized carbons (Fsp3) is 0.300. The second-order valence-corrected chi connectivity index (χ2v) is 4.45. The van der Waals surface area contributed by atoms with Gasteiger partial charge < -0.3 is 15.7 Å². The van der Waals surface area contributed by atoms with E-state index in [1.165, 1.54) is 6.07 Å². The molecule has 3 N–H and O–H groups in total. The minimum atomic E-state index is -4.74. The zero-order chi connectivity index (χ0) is 14.6. The number of alkyl halides is 3. The lowest BCUT2D eigenvalue weighted by Gasteiger charge is -2.19. The molecule has 0 aromatic heterocycles. The molecule has 1 atom stereocenters. The van der Waals surface area contributed by atoms with Gasteiger partial charge >= 0.3 is 6.18 Å². The molecular weight excluding hydrogens is 336 g/mol. The Morgan fingerprint density at radius 3 is 2.53 bits per heavy atom. The topological polar surface area (TPSA) is 67.8 Å². The Hall–Kier alpha value is -1.51. The van der Waals surface area contributed by atoms with Crippen LogP contribution in [0.15, 0.2) is 27.8 Å². The van der Waals surface area contributed by atoms with Gasteiger partial charge in [0.1, 0.15) is 24.1 Å². The lowest BCUT2D eigenvalue weighted by Crippen LogP contribution is -2.40. The van der Waals surface area contributed by atoms with E-state index in [4.69, 9.17) is 15.7 Å². The molecule has 0 spiro atoms. The Kier molecular flexibility index (Phi) is 4.98. The summed E-state index contributed by atoms with van der Waals surface area (Å²) in [7, 11) is 0. The number of nitrogens with zero attached hydrogens (tertiary/aromatic N) is 1. The van der Waals surface area contributed by atoms with Crippen molar-refractivity contribution in [2.45, 2.75) is 6.18 Å². The maximum atomic E-state index is 13.0. The molecule has 19 heavy (non-hydrogen) atoms. The second-order valence-electron chi connectivity index (χ2n) is 3.54. The predicted molar refractivity (Wildman–Crippen MR) is 62.5 cm³/mol. The number of halogens is 5. The highest BCUT2D eigenvalue weighted by Gasteiger charge is 2.43. The summed E-state index contributed by atoms with van der Waals surface area (Å²) in [5.74, 6) is -4.08. The van der Waals surface area contributed by atoms with Gasteiger partial charge in [-0.05, 0) is 12.1 Å². The van der Waals surface area contributed by atoms with Crippen LogP contribution in [0.25, 0.3) is 0 Å². The van der Waals surface area contributed by atoms with E-state index in [9.17, 15) is 17.6 Å². The maximum Gasteiger partial charge on any atom is 0.402 e. The van der Waals surface area contributed by atoms with Crippen LogP contribution in [0, 0.1) is 11.7 Å². The van der Waals surface area contributed by atoms with E-state index in [1.807, 2.05) is 0 Å². The molecule has 106 valence electrons. The molecule has 0 aliphatic heterocycles. The molecule has 0 aliphatic rings. The molecule has 0 saturated heterocycles. The zero-order valence-corrected chi connectivity index (χ0v) is 10.9. The average molecular weight is 345 g/mol. The van der Waals surface area contributed by atoms with Crippen molar-refractivity contribution in [3.05, 3.63) is 28.5 Å². The van der Waals surface area contributed by atoms with Crippen molar-refractivity contribution in [3.8, 4) is 5.75 Å². The third-order valence-electron chi connectivity index (χ3n) is 2.12. The van der Waals surface area contributed by atoms with Gasteiger partial charge in [0, 0.05) is 10.5 Å². The van der Waals surface area contributed by atoms with Crippen molar-refractivity contribution >= 4 is 21.8 Å². The van der Waals surface area contributed by atoms with Gasteiger partial charge in [0.25, 0.3) is 0 Å². The van der Waals surface area contributed by atoms with Gasteiger partial charge in [-0.1, -0.05) is 21.1 Å². The molecule has 1 aromatic rings. The van der Waals surface area contributed by atoms with Gasteiger partial charge in [0.2, 0.25) is 0 Å². The van der Waals surface area contributed by atoms with Crippen LogP contribution in [0.2, 0.25) is 0 Å². The van der Waals surface area contributed by atoms with Crippen LogP contribution in [0.1, 0.15) is 0 Å². The van der Waals surface area contributed by atoms with Crippen LogP contribution in [-0.4, -0.2) is 23.8 Å². The molecule has 4 nitrogen and oxygen atoms in total. The normalized spacial score (nSPS) is 14.3. The minimum absolute atomic E-state index is 0.105. The Morgan fingerprint density at radius 2 is 2.05 bits per heavy atom. The highest BCUT2D eigenvalue weighted by atomic mass is 79.9. The molecule has 0 bridgehead atoms. The molecule has 1 aromatic carbocycles. The number of nitrogens with two attached hydrogens (primary N) is 1. The van der Waals surface area contributed by atoms with Crippen molar-refractivity contribution in [1.29, 1.82) is 0 Å². The van der Waals surface area contributed by atoms with Crippen molar-refractivity contribution in [2.24, 2.45) is 16.8 Å². The molecule has 0 radical (unpaired) electrons. The number of amidine groups is 1. The van der Waals surface area contributed by atoms with Crippen molar-refractivity contribution in [2.75, 3.05) is 6.61 Å². The van der Waals surface area contributed by atoms with E-state index in [1.54, 1.807) is 0 Å². The predicted octanol–water partition coefficient (Wildman–Crippen LogP) is 2.89. The summed E-state index contributed by atoms with van der Waals surface area (Å²) >= 11 is 2.97. The van der Waals surface area contributed by atoms with Gasteiger partial charge in [0.05, 0.1) is 0 Å². The summed E-state index contributed by atoms with van der Waals surface area (Å²) in [6.45, 7) is -0.921. The number of oxime groups is 1. The monoisotopic (exact) mass is 344 g/mol. The molecular formula is C10H9BrF4N2O2. The highest BCUT2D eigenvalue weighted by molar-refractivity contribution is 9.10. The van der Waals surface area contributed by atoms with E-state index in [0.717, 1.165) is 12.1 Å². The highest BCUT2D eigenvalue weighted by Crippen LogP contribution is 2.28. The standard InChI is InChI=1S/C10H9BrF4N2O2/c11-5-1-6(12)3-7(2-5)19-4-8(9(16)17-18)10(13,14)15/h1-3,8,18H,4H2,(H2,16,17). The van der Waals surface area contributed by atoms with E-state index >= 15 is 0 Å². The summed E-state index contributed by atoms with van der Waals surface area (Å²) in [6, 6.07) is 3.34. The van der Waals surface area contributed by atoms with Gasteiger partial charge in [0.15, 0.2) is 5.84 Å². The third-order valence-corrected chi connectivity index (χ3v) is 2.58. The second kappa shape index (κ2) is 6.09. The number of benzene rings is 1. The minimum Gasteiger partial charge on any atom is -0.492 e. The Morgan fingerprint density at radius 1 is 1.42 bits per heavy atom. The molecule has 0 saturated carbocycles. The third kappa shape index (κ3) is 4.58. The Balaban J connectivity index is 2.82. The average Bonchev–Trinajstić information content (AvgIpc) is 2.25. The number of ether oxygens (including phenoxy) is 1. The van der Waals surface area contributed by atoms with Crippen LogP contribution >= 0.6 is 15.9 Å². The van der Waals surface area contributed by atoms with Crippen LogP contribution in [-0.2, 0) is 0 Å². The fourth-order valence-corrected chi connectivity index (χ4v) is 1.65. The Labute approximate surface area is 114 Å². The molecule has 1 unspecified atom stereocenters. The molecule has 0 aliphatic carbocycles. The number of hydrogen-bond donors (Lipinski definition) is 2. The summed E-state index contributed by atoms with van der Waals surface area (Å²) in [5, 5.41) is 10.6. The first-order valence-corrected chi connectivity index (χ1v) is 5.66. The summed E-state index contributed by atoms with van der Waals surface area (Å²) in [6.07, 6.45) is -4.74. The van der Waals surface area contributed by atoms with Crippen LogP contribution in [0.5, 0.6) is 5.75 Å². The van der Waals surface area contributed by atoms with Gasteiger partial charge in [-0.3, -0.25) is 0 Å². The molecule has 0 heterocycles. The van der Waals surface area contributed by atoms with Crippen LogP contribution < -0.4 is 10.5 Å². The van der Waals surface area contributed by atoms with Gasteiger partial charge in [-0.15, -0.1) is 0 Å². The SMILES string of the molecule is N/C(=N/O)C(COc1cc(F)cc(Br)c1)C(F)(F)F. The van der Waals surface area contributed by atoms with Crippen molar-refractivity contribution < 1.29 is 27.5 Å². The summed E-state index contributed by atoms with van der Waals surface area (Å²) in [5.41, 5.74) is 4.94. The van der Waals surface area contributed by atoms with Gasteiger partial charge in [-0.2, -0.15) is 13.2 Å². The zero-order valence-electron chi connectivity index (χ0n) is 9.29. The Bertz CT molecular complexity index is 459. The lowest BCUT2D eigenvalue weighted by molar-refractivity contribution is -0.162. The van der Waals surface area contributed by atoms with E-state index < -0.39 is 30.4 Å². The van der Waals surface area contributed by atoms with Crippen molar-refractivity contribution in [3.63, 3.8) is 0 Å². The smallest absolute Gasteiger partial charge is 0.402 e. The number of hydrogen-bond acceptors (Lipinski definition) is 3. The van der Waals surface area contributed by atoms with E-state index in [-0.39, 0.29) is 5.75 Å². The van der Waals surface area contributed by atoms with E-state index in [2.05, 4.69) is 21.1 Å².